The van der Waals surface area contributed by atoms with Crippen LogP contribution in [0.3, 0.4) is 0 Å². The fourth-order valence-electron chi connectivity index (χ4n) is 1.84. The van der Waals surface area contributed by atoms with Crippen LogP contribution < -0.4 is 0 Å². The van der Waals surface area contributed by atoms with Gasteiger partial charge in [-0.3, -0.25) is 0 Å². The zero-order valence-corrected chi connectivity index (χ0v) is 12.6. The lowest BCUT2D eigenvalue weighted by molar-refractivity contribution is 0.795. The van der Waals surface area contributed by atoms with Crippen LogP contribution in [0.25, 0.3) is 0 Å². The van der Waals surface area contributed by atoms with Crippen LogP contribution in [0.15, 0.2) is 45.0 Å². The highest BCUT2D eigenvalue weighted by Crippen LogP contribution is 2.35. The summed E-state index contributed by atoms with van der Waals surface area (Å²) >= 11 is 3.57. The van der Waals surface area contributed by atoms with E-state index in [-0.39, 0.29) is 0 Å². The van der Waals surface area contributed by atoms with Crippen molar-refractivity contribution in [1.82, 2.24) is 0 Å². The van der Waals surface area contributed by atoms with Crippen molar-refractivity contribution >= 4 is 29.4 Å². The van der Waals surface area contributed by atoms with Crippen molar-refractivity contribution in [2.75, 3.05) is 5.75 Å². The quantitative estimate of drug-likeness (QED) is 0.706. The molecule has 1 aromatic carbocycles. The van der Waals surface area contributed by atoms with Crippen molar-refractivity contribution in [2.45, 2.75) is 26.7 Å². The Balaban J connectivity index is 2.12. The summed E-state index contributed by atoms with van der Waals surface area (Å²) in [6.07, 6.45) is 4.65. The third-order valence-corrected chi connectivity index (χ3v) is 5.13. The van der Waals surface area contributed by atoms with Gasteiger partial charge in [-0.15, -0.1) is 11.8 Å². The van der Waals surface area contributed by atoms with E-state index in [0.29, 0.717) is 5.92 Å². The van der Waals surface area contributed by atoms with Gasteiger partial charge in [-0.1, -0.05) is 50.3 Å². The minimum absolute atomic E-state index is 0.500. The maximum absolute atomic E-state index is 4.75. The maximum Gasteiger partial charge on any atom is 0.0594 e. The summed E-state index contributed by atoms with van der Waals surface area (Å²) in [6, 6.07) is 10.5. The Bertz CT molecular complexity index is 437. The third kappa shape index (κ3) is 3.66. The molecular formula is C15H19NS2. The summed E-state index contributed by atoms with van der Waals surface area (Å²) in [5.74, 6) is 1.68. The lowest BCUT2D eigenvalue weighted by Gasteiger charge is -2.10. The lowest BCUT2D eigenvalue weighted by Crippen LogP contribution is -2.10. The summed E-state index contributed by atoms with van der Waals surface area (Å²) < 4.78 is 6.11. The van der Waals surface area contributed by atoms with Crippen LogP contribution in [-0.2, 0) is 0 Å². The molecule has 3 heteroatoms. The van der Waals surface area contributed by atoms with Gasteiger partial charge >= 0.3 is 0 Å². The number of nitrogens with zero attached hydrogens (tertiary/aromatic N) is 1. The Kier molecular flexibility index (Phi) is 5.39. The molecule has 96 valence electrons. The molecule has 0 amide bonds. The number of hydrogen-bond acceptors (Lipinski definition) is 3. The zero-order chi connectivity index (χ0) is 12.8. The van der Waals surface area contributed by atoms with E-state index in [2.05, 4.69) is 50.3 Å². The Labute approximate surface area is 118 Å². The molecule has 0 spiro atoms. The van der Waals surface area contributed by atoms with Crippen molar-refractivity contribution in [3.8, 4) is 0 Å². The molecule has 0 N–H and O–H groups in total. The van der Waals surface area contributed by atoms with E-state index in [4.69, 9.17) is 4.40 Å². The van der Waals surface area contributed by atoms with E-state index in [9.17, 15) is 0 Å². The minimum Gasteiger partial charge on any atom is -0.215 e. The Morgan fingerprint density at radius 2 is 2.11 bits per heavy atom. The van der Waals surface area contributed by atoms with Crippen LogP contribution in [0.1, 0.15) is 32.3 Å². The molecule has 0 saturated carbocycles. The molecule has 1 unspecified atom stereocenters. The van der Waals surface area contributed by atoms with Crippen molar-refractivity contribution < 1.29 is 0 Å². The SMILES string of the molecule is CCCSC1=CCC(C)C(c2ccccc2)=NS1. The second-order valence-electron chi connectivity index (χ2n) is 4.44. The third-order valence-electron chi connectivity index (χ3n) is 2.86. The number of rotatable bonds is 4. The van der Waals surface area contributed by atoms with E-state index in [1.807, 2.05) is 11.8 Å². The molecule has 0 aromatic heterocycles. The first-order chi connectivity index (χ1) is 8.81. The average Bonchev–Trinajstić information content (AvgIpc) is 2.60. The lowest BCUT2D eigenvalue weighted by atomic mass is 9.96. The highest BCUT2D eigenvalue weighted by Gasteiger charge is 2.16. The molecule has 0 bridgehead atoms. The normalized spacial score (nSPS) is 20.0. The highest BCUT2D eigenvalue weighted by molar-refractivity contribution is 8.21. The second kappa shape index (κ2) is 7.05. The predicted octanol–water partition coefficient (Wildman–Crippen LogP) is 5.15. The highest BCUT2D eigenvalue weighted by atomic mass is 32.2. The van der Waals surface area contributed by atoms with E-state index in [1.54, 1.807) is 11.9 Å². The van der Waals surface area contributed by atoms with Crippen molar-refractivity contribution in [3.63, 3.8) is 0 Å². The smallest absolute Gasteiger partial charge is 0.0594 e. The van der Waals surface area contributed by atoms with E-state index in [0.717, 1.165) is 6.42 Å². The number of hydrogen-bond donors (Lipinski definition) is 0. The number of benzene rings is 1. The molecule has 1 nitrogen and oxygen atoms in total. The van der Waals surface area contributed by atoms with E-state index < -0.39 is 0 Å². The van der Waals surface area contributed by atoms with Gasteiger partial charge in [0.2, 0.25) is 0 Å². The van der Waals surface area contributed by atoms with Gasteiger partial charge < -0.3 is 0 Å². The van der Waals surface area contributed by atoms with Crippen LogP contribution >= 0.6 is 23.7 Å². The van der Waals surface area contributed by atoms with Gasteiger partial charge in [0.15, 0.2) is 0 Å². The Morgan fingerprint density at radius 1 is 1.33 bits per heavy atom. The maximum atomic E-state index is 4.75. The summed E-state index contributed by atoms with van der Waals surface area (Å²) in [5, 5.41) is 0. The summed E-state index contributed by atoms with van der Waals surface area (Å²) in [4.78, 5) is 0. The van der Waals surface area contributed by atoms with Crippen LogP contribution in [0.5, 0.6) is 0 Å². The second-order valence-corrected chi connectivity index (χ2v) is 6.64. The van der Waals surface area contributed by atoms with Crippen LogP contribution in [0, 0.1) is 5.92 Å². The molecule has 1 heterocycles. The van der Waals surface area contributed by atoms with Gasteiger partial charge in [0.25, 0.3) is 0 Å². The Hall–Kier alpha value is -0.670. The molecule has 1 atom stereocenters. The van der Waals surface area contributed by atoms with Crippen LogP contribution in [0.2, 0.25) is 0 Å². The fraction of sp³-hybridized carbons (Fsp3) is 0.400. The average molecular weight is 277 g/mol. The molecule has 0 fully saturated rings. The molecule has 1 aromatic rings. The molecule has 18 heavy (non-hydrogen) atoms. The molecule has 0 radical (unpaired) electrons. The monoisotopic (exact) mass is 277 g/mol. The summed E-state index contributed by atoms with van der Waals surface area (Å²) in [5.41, 5.74) is 2.48. The number of thioether (sulfide) groups is 1. The van der Waals surface area contributed by atoms with E-state index >= 15 is 0 Å². The summed E-state index contributed by atoms with van der Waals surface area (Å²) in [6.45, 7) is 4.48. The fourth-order valence-corrected chi connectivity index (χ4v) is 3.68. The predicted molar refractivity (Wildman–Crippen MR) is 85.2 cm³/mol. The van der Waals surface area contributed by atoms with Gasteiger partial charge in [0.1, 0.15) is 0 Å². The molecule has 1 aliphatic rings. The molecule has 0 saturated heterocycles. The number of allylic oxidation sites excluding steroid dienone is 1. The van der Waals surface area contributed by atoms with Crippen molar-refractivity contribution in [3.05, 3.63) is 46.2 Å². The molecule has 0 aliphatic carbocycles. The van der Waals surface area contributed by atoms with Crippen LogP contribution in [-0.4, -0.2) is 11.5 Å². The van der Waals surface area contributed by atoms with Gasteiger partial charge in [-0.05, 0) is 24.2 Å². The zero-order valence-electron chi connectivity index (χ0n) is 10.9. The molecular weight excluding hydrogens is 258 g/mol. The summed E-state index contributed by atoms with van der Waals surface area (Å²) in [7, 11) is 0. The largest absolute Gasteiger partial charge is 0.215 e. The standard InChI is InChI=1S/C15H19NS2/c1-3-11-17-14-10-9-12(2)15(16-18-14)13-7-5-4-6-8-13/h4-8,10,12H,3,9,11H2,1-2H3. The van der Waals surface area contributed by atoms with Crippen molar-refractivity contribution in [2.24, 2.45) is 10.3 Å². The minimum atomic E-state index is 0.500. The molecule has 2 rings (SSSR count). The van der Waals surface area contributed by atoms with Gasteiger partial charge in [-0.25, -0.2) is 4.40 Å². The van der Waals surface area contributed by atoms with Gasteiger partial charge in [-0.2, -0.15) is 0 Å². The first kappa shape index (κ1) is 13.8. The molecule has 1 aliphatic heterocycles. The van der Waals surface area contributed by atoms with Crippen LogP contribution in [0.4, 0.5) is 0 Å². The first-order valence-corrected chi connectivity index (χ1v) is 8.20. The Morgan fingerprint density at radius 3 is 2.83 bits per heavy atom. The topological polar surface area (TPSA) is 12.4 Å². The first-order valence-electron chi connectivity index (χ1n) is 6.44. The van der Waals surface area contributed by atoms with Crippen molar-refractivity contribution in [1.29, 1.82) is 0 Å². The van der Waals surface area contributed by atoms with Gasteiger partial charge in [0, 0.05) is 17.9 Å². The van der Waals surface area contributed by atoms with E-state index in [1.165, 1.54) is 27.7 Å². The van der Waals surface area contributed by atoms with Gasteiger partial charge in [0.05, 0.1) is 9.95 Å².